The van der Waals surface area contributed by atoms with Gasteiger partial charge in [0.1, 0.15) is 0 Å². The summed E-state index contributed by atoms with van der Waals surface area (Å²) in [4.78, 5) is 14.0. The van der Waals surface area contributed by atoms with Crippen molar-refractivity contribution in [2.45, 2.75) is 19.3 Å². The average molecular weight is 322 g/mol. The molecule has 0 radical (unpaired) electrons. The van der Waals surface area contributed by atoms with Crippen molar-refractivity contribution in [2.75, 3.05) is 40.5 Å². The molecule has 2 amide bonds. The maximum Gasteiger partial charge on any atom is 0.317 e. The number of nitrogens with zero attached hydrogens (tertiary/aromatic N) is 1. The zero-order valence-corrected chi connectivity index (χ0v) is 13.9. The number of nitrogens with one attached hydrogen (secondary N) is 1. The van der Waals surface area contributed by atoms with E-state index >= 15 is 0 Å². The second-order valence-corrected chi connectivity index (χ2v) is 5.77. The molecule has 0 spiro atoms. The van der Waals surface area contributed by atoms with Gasteiger partial charge >= 0.3 is 6.03 Å². The Morgan fingerprint density at radius 1 is 1.39 bits per heavy atom. The third-order valence-electron chi connectivity index (χ3n) is 4.22. The number of carbonyl (C=O) groups is 1. The second kappa shape index (κ2) is 8.62. The lowest BCUT2D eigenvalue weighted by Crippen LogP contribution is -2.46. The summed E-state index contributed by atoms with van der Waals surface area (Å²) in [5, 5.41) is 12.2. The highest BCUT2D eigenvalue weighted by atomic mass is 16.5. The van der Waals surface area contributed by atoms with Crippen LogP contribution < -0.4 is 14.8 Å². The van der Waals surface area contributed by atoms with Gasteiger partial charge in [0, 0.05) is 26.2 Å². The van der Waals surface area contributed by atoms with Gasteiger partial charge in [-0.15, -0.1) is 0 Å². The molecule has 2 N–H and O–H groups in total. The first-order valence-corrected chi connectivity index (χ1v) is 8.03. The van der Waals surface area contributed by atoms with Crippen LogP contribution in [0.1, 0.15) is 18.4 Å². The van der Waals surface area contributed by atoms with Crippen LogP contribution in [-0.4, -0.2) is 56.5 Å². The van der Waals surface area contributed by atoms with E-state index in [0.29, 0.717) is 31.0 Å². The maximum absolute atomic E-state index is 12.2. The second-order valence-electron chi connectivity index (χ2n) is 5.77. The minimum atomic E-state index is -0.0648. The Morgan fingerprint density at radius 2 is 2.22 bits per heavy atom. The van der Waals surface area contributed by atoms with Crippen molar-refractivity contribution >= 4 is 6.03 Å². The lowest BCUT2D eigenvalue weighted by molar-refractivity contribution is 0.129. The van der Waals surface area contributed by atoms with E-state index in [1.54, 1.807) is 19.1 Å². The van der Waals surface area contributed by atoms with Gasteiger partial charge < -0.3 is 24.8 Å². The van der Waals surface area contributed by atoms with E-state index in [9.17, 15) is 9.90 Å². The predicted octanol–water partition coefficient (Wildman–Crippen LogP) is 1.66. The number of carbonyl (C=O) groups excluding carboxylic acids is 1. The number of urea groups is 1. The Morgan fingerprint density at radius 3 is 2.91 bits per heavy atom. The van der Waals surface area contributed by atoms with Gasteiger partial charge in [-0.2, -0.15) is 0 Å². The summed E-state index contributed by atoms with van der Waals surface area (Å²) in [6.45, 7) is 2.06. The average Bonchev–Trinajstić information content (AvgIpc) is 2.61. The quantitative estimate of drug-likeness (QED) is 0.835. The molecule has 0 saturated carbocycles. The monoisotopic (exact) mass is 322 g/mol. The van der Waals surface area contributed by atoms with Crippen molar-refractivity contribution in [2.24, 2.45) is 5.92 Å². The highest BCUT2D eigenvalue weighted by Crippen LogP contribution is 2.30. The Hall–Kier alpha value is -1.95. The smallest absolute Gasteiger partial charge is 0.317 e. The van der Waals surface area contributed by atoms with Gasteiger partial charge in [0.05, 0.1) is 14.2 Å². The molecule has 0 aromatic heterocycles. The standard InChI is InChI=1S/C17H26N2O4/c1-22-15-7-3-6-14(16(15)23-2)8-9-18-17(21)19-10-4-5-13(11-19)12-20/h3,6-7,13,20H,4-5,8-12H2,1-2H3,(H,18,21). The van der Waals surface area contributed by atoms with E-state index < -0.39 is 0 Å². The number of hydrogen-bond donors (Lipinski definition) is 2. The Bertz CT molecular complexity index is 521. The zero-order valence-electron chi connectivity index (χ0n) is 13.9. The van der Waals surface area contributed by atoms with Crippen LogP contribution in [0.3, 0.4) is 0 Å². The molecule has 1 fully saturated rings. The third kappa shape index (κ3) is 4.51. The van der Waals surface area contributed by atoms with Crippen molar-refractivity contribution in [1.29, 1.82) is 0 Å². The molecule has 128 valence electrons. The van der Waals surface area contributed by atoms with Gasteiger partial charge in [0.25, 0.3) is 0 Å². The molecule has 23 heavy (non-hydrogen) atoms. The lowest BCUT2D eigenvalue weighted by Gasteiger charge is -2.31. The molecule has 1 saturated heterocycles. The molecule has 1 aromatic carbocycles. The van der Waals surface area contributed by atoms with Crippen molar-refractivity contribution in [1.82, 2.24) is 10.2 Å². The van der Waals surface area contributed by atoms with E-state index in [1.807, 2.05) is 18.2 Å². The minimum Gasteiger partial charge on any atom is -0.493 e. The van der Waals surface area contributed by atoms with Crippen molar-refractivity contribution in [3.8, 4) is 11.5 Å². The maximum atomic E-state index is 12.2. The Kier molecular flexibility index (Phi) is 6.52. The van der Waals surface area contributed by atoms with Crippen LogP contribution >= 0.6 is 0 Å². The molecular weight excluding hydrogens is 296 g/mol. The SMILES string of the molecule is COc1cccc(CCNC(=O)N2CCCC(CO)C2)c1OC. The van der Waals surface area contributed by atoms with Crippen LogP contribution in [0.2, 0.25) is 0 Å². The molecule has 1 atom stereocenters. The molecule has 6 heteroatoms. The van der Waals surface area contributed by atoms with E-state index in [4.69, 9.17) is 9.47 Å². The van der Waals surface area contributed by atoms with E-state index in [2.05, 4.69) is 5.32 Å². The number of rotatable bonds is 6. The number of hydrogen-bond acceptors (Lipinski definition) is 4. The van der Waals surface area contributed by atoms with Gasteiger partial charge in [0.15, 0.2) is 11.5 Å². The van der Waals surface area contributed by atoms with Crippen LogP contribution in [0.25, 0.3) is 0 Å². The fraction of sp³-hybridized carbons (Fsp3) is 0.588. The lowest BCUT2D eigenvalue weighted by atomic mass is 9.99. The van der Waals surface area contributed by atoms with Crippen LogP contribution in [0, 0.1) is 5.92 Å². The minimum absolute atomic E-state index is 0.0648. The number of aliphatic hydroxyl groups is 1. The summed E-state index contributed by atoms with van der Waals surface area (Å²) in [5.74, 6) is 1.61. The first kappa shape index (κ1) is 17.4. The summed E-state index contributed by atoms with van der Waals surface area (Å²) in [6, 6.07) is 5.67. The third-order valence-corrected chi connectivity index (χ3v) is 4.22. The summed E-state index contributed by atoms with van der Waals surface area (Å²) in [6.07, 6.45) is 2.60. The number of piperidine rings is 1. The number of likely N-dealkylation sites (tertiary alicyclic amines) is 1. The first-order chi connectivity index (χ1) is 11.2. The zero-order chi connectivity index (χ0) is 16.7. The van der Waals surface area contributed by atoms with Crippen LogP contribution in [0.15, 0.2) is 18.2 Å². The largest absolute Gasteiger partial charge is 0.493 e. The van der Waals surface area contributed by atoms with Crippen molar-refractivity contribution < 1.29 is 19.4 Å². The van der Waals surface area contributed by atoms with E-state index in [0.717, 1.165) is 24.9 Å². The number of amides is 2. The molecule has 1 aliphatic rings. The van der Waals surface area contributed by atoms with Crippen LogP contribution in [-0.2, 0) is 6.42 Å². The molecule has 1 unspecified atom stereocenters. The molecule has 0 bridgehead atoms. The number of para-hydroxylation sites is 1. The topological polar surface area (TPSA) is 71.0 Å². The first-order valence-electron chi connectivity index (χ1n) is 8.03. The molecule has 1 heterocycles. The Balaban J connectivity index is 1.86. The van der Waals surface area contributed by atoms with Crippen LogP contribution in [0.4, 0.5) is 4.79 Å². The number of aliphatic hydroxyl groups excluding tert-OH is 1. The number of ether oxygens (including phenoxy) is 2. The van der Waals surface area contributed by atoms with Crippen molar-refractivity contribution in [3.63, 3.8) is 0 Å². The van der Waals surface area contributed by atoms with Gasteiger partial charge in [0.2, 0.25) is 0 Å². The molecule has 6 nitrogen and oxygen atoms in total. The molecule has 1 aromatic rings. The van der Waals surface area contributed by atoms with Gasteiger partial charge in [-0.3, -0.25) is 0 Å². The number of methoxy groups -OCH3 is 2. The summed E-state index contributed by atoms with van der Waals surface area (Å²) >= 11 is 0. The van der Waals surface area contributed by atoms with Crippen LogP contribution in [0.5, 0.6) is 11.5 Å². The Labute approximate surface area is 137 Å². The van der Waals surface area contributed by atoms with Crippen molar-refractivity contribution in [3.05, 3.63) is 23.8 Å². The van der Waals surface area contributed by atoms with E-state index in [1.165, 1.54) is 0 Å². The van der Waals surface area contributed by atoms with Gasteiger partial charge in [-0.1, -0.05) is 12.1 Å². The molecule has 2 rings (SSSR count). The summed E-state index contributed by atoms with van der Waals surface area (Å²) in [5.41, 5.74) is 0.999. The fourth-order valence-corrected chi connectivity index (χ4v) is 2.97. The molecule has 0 aliphatic carbocycles. The van der Waals surface area contributed by atoms with E-state index in [-0.39, 0.29) is 18.6 Å². The van der Waals surface area contributed by atoms with Gasteiger partial charge in [-0.05, 0) is 36.8 Å². The fourth-order valence-electron chi connectivity index (χ4n) is 2.97. The molecule has 1 aliphatic heterocycles. The summed E-state index contributed by atoms with van der Waals surface area (Å²) < 4.78 is 10.7. The normalized spacial score (nSPS) is 17.7. The summed E-state index contributed by atoms with van der Waals surface area (Å²) in [7, 11) is 3.22. The van der Waals surface area contributed by atoms with Gasteiger partial charge in [-0.25, -0.2) is 4.79 Å². The highest BCUT2D eigenvalue weighted by Gasteiger charge is 2.22. The molecular formula is C17H26N2O4. The highest BCUT2D eigenvalue weighted by molar-refractivity contribution is 5.74. The predicted molar refractivity (Wildman–Crippen MR) is 88.0 cm³/mol. The number of benzene rings is 1.